The number of aromatic nitrogens is 2. The highest BCUT2D eigenvalue weighted by Crippen LogP contribution is 2.26. The zero-order valence-electron chi connectivity index (χ0n) is 9.11. The summed E-state index contributed by atoms with van der Waals surface area (Å²) in [4.78, 5) is 8.57. The van der Waals surface area contributed by atoms with E-state index in [-0.39, 0.29) is 6.04 Å². The van der Waals surface area contributed by atoms with Crippen molar-refractivity contribution >= 4 is 5.69 Å². The fourth-order valence-electron chi connectivity index (χ4n) is 1.88. The Labute approximate surface area is 96.7 Å². The number of nitrogens with two attached hydrogens (primary N) is 1. The van der Waals surface area contributed by atoms with Crippen LogP contribution in [0, 0.1) is 0 Å². The lowest BCUT2D eigenvalue weighted by molar-refractivity contribution is -0.144. The molecule has 0 aromatic carbocycles. The monoisotopic (exact) mass is 246 g/mol. The van der Waals surface area contributed by atoms with Crippen molar-refractivity contribution in [3.05, 3.63) is 18.2 Å². The smallest absolute Gasteiger partial charge is 0.367 e. The maximum absolute atomic E-state index is 12.3. The highest BCUT2D eigenvalue weighted by atomic mass is 19.4. The number of alkyl halides is 3. The van der Waals surface area contributed by atoms with Crippen LogP contribution in [0.5, 0.6) is 0 Å². The number of piperidine rings is 1. The van der Waals surface area contributed by atoms with Gasteiger partial charge in [-0.25, -0.2) is 9.97 Å². The minimum atomic E-state index is -4.49. The summed E-state index contributed by atoms with van der Waals surface area (Å²) < 4.78 is 36.8. The van der Waals surface area contributed by atoms with Gasteiger partial charge < -0.3 is 10.6 Å². The number of nitrogens with zero attached hydrogens (tertiary/aromatic N) is 3. The van der Waals surface area contributed by atoms with Gasteiger partial charge in [-0.2, -0.15) is 13.2 Å². The van der Waals surface area contributed by atoms with Gasteiger partial charge in [0.25, 0.3) is 0 Å². The minimum absolute atomic E-state index is 0.0612. The summed E-state index contributed by atoms with van der Waals surface area (Å²) >= 11 is 0. The third-order valence-corrected chi connectivity index (χ3v) is 2.71. The van der Waals surface area contributed by atoms with E-state index >= 15 is 0 Å². The predicted molar refractivity (Wildman–Crippen MR) is 56.5 cm³/mol. The second-order valence-electron chi connectivity index (χ2n) is 4.11. The van der Waals surface area contributed by atoms with Crippen molar-refractivity contribution in [3.63, 3.8) is 0 Å². The average molecular weight is 246 g/mol. The summed E-state index contributed by atoms with van der Waals surface area (Å²) in [5.41, 5.74) is 6.39. The Hall–Kier alpha value is -1.37. The zero-order chi connectivity index (χ0) is 12.5. The first-order valence-electron chi connectivity index (χ1n) is 5.36. The van der Waals surface area contributed by atoms with Crippen LogP contribution in [0.1, 0.15) is 18.7 Å². The Morgan fingerprint density at radius 3 is 2.47 bits per heavy atom. The van der Waals surface area contributed by atoms with E-state index < -0.39 is 12.0 Å². The van der Waals surface area contributed by atoms with Gasteiger partial charge in [-0.1, -0.05) is 0 Å². The molecule has 0 saturated carbocycles. The fraction of sp³-hybridized carbons (Fsp3) is 0.600. The van der Waals surface area contributed by atoms with Gasteiger partial charge in [-0.05, 0) is 12.8 Å². The van der Waals surface area contributed by atoms with Crippen molar-refractivity contribution in [1.82, 2.24) is 9.97 Å². The van der Waals surface area contributed by atoms with Crippen LogP contribution in [0.3, 0.4) is 0 Å². The molecule has 17 heavy (non-hydrogen) atoms. The van der Waals surface area contributed by atoms with Gasteiger partial charge in [0, 0.05) is 19.1 Å². The quantitative estimate of drug-likeness (QED) is 0.814. The highest BCUT2D eigenvalue weighted by Gasteiger charge is 2.34. The van der Waals surface area contributed by atoms with Crippen molar-refractivity contribution in [1.29, 1.82) is 0 Å². The molecule has 4 nitrogen and oxygen atoms in total. The molecule has 1 saturated heterocycles. The molecule has 0 unspecified atom stereocenters. The SMILES string of the molecule is N[C@H]1CCCN(c2cnc(C(F)(F)F)nc2)C1. The van der Waals surface area contributed by atoms with Crippen LogP contribution >= 0.6 is 0 Å². The van der Waals surface area contributed by atoms with Gasteiger partial charge in [-0.3, -0.25) is 0 Å². The number of hydrogen-bond acceptors (Lipinski definition) is 4. The van der Waals surface area contributed by atoms with Crippen LogP contribution in [0.15, 0.2) is 12.4 Å². The maximum Gasteiger partial charge on any atom is 0.451 e. The minimum Gasteiger partial charge on any atom is -0.367 e. The Bertz CT molecular complexity index is 376. The van der Waals surface area contributed by atoms with E-state index in [9.17, 15) is 13.2 Å². The van der Waals surface area contributed by atoms with Crippen LogP contribution in [0.25, 0.3) is 0 Å². The normalized spacial score (nSPS) is 21.6. The fourth-order valence-corrected chi connectivity index (χ4v) is 1.88. The Morgan fingerprint density at radius 2 is 1.94 bits per heavy atom. The molecule has 1 aromatic heterocycles. The number of hydrogen-bond donors (Lipinski definition) is 1. The lowest BCUT2D eigenvalue weighted by Crippen LogP contribution is -2.43. The lowest BCUT2D eigenvalue weighted by Gasteiger charge is -2.32. The largest absolute Gasteiger partial charge is 0.451 e. The standard InChI is InChI=1S/C10H13F3N4/c11-10(12,13)9-15-4-8(5-16-9)17-3-1-2-7(14)6-17/h4-5,7H,1-3,6,14H2/t7-/m0/s1. The van der Waals surface area contributed by atoms with Gasteiger partial charge in [-0.15, -0.1) is 0 Å². The molecule has 2 rings (SSSR count). The van der Waals surface area contributed by atoms with E-state index in [1.165, 1.54) is 12.4 Å². The predicted octanol–water partition coefficient (Wildman–Crippen LogP) is 1.42. The molecule has 1 atom stereocenters. The summed E-state index contributed by atoms with van der Waals surface area (Å²) in [6.45, 7) is 1.41. The van der Waals surface area contributed by atoms with Crippen LogP contribution in [0.2, 0.25) is 0 Å². The van der Waals surface area contributed by atoms with Gasteiger partial charge in [0.2, 0.25) is 5.82 Å². The molecule has 0 radical (unpaired) electrons. The topological polar surface area (TPSA) is 55.0 Å². The second-order valence-corrected chi connectivity index (χ2v) is 4.11. The van der Waals surface area contributed by atoms with Crippen molar-refractivity contribution in [3.8, 4) is 0 Å². The second kappa shape index (κ2) is 4.48. The maximum atomic E-state index is 12.3. The van der Waals surface area contributed by atoms with Crippen molar-refractivity contribution < 1.29 is 13.2 Å². The van der Waals surface area contributed by atoms with Gasteiger partial charge in [0.15, 0.2) is 0 Å². The van der Waals surface area contributed by atoms with Crippen molar-refractivity contribution in [2.75, 3.05) is 18.0 Å². The molecule has 2 N–H and O–H groups in total. The molecule has 0 spiro atoms. The molecule has 0 amide bonds. The van der Waals surface area contributed by atoms with E-state index in [4.69, 9.17) is 5.73 Å². The van der Waals surface area contributed by atoms with Crippen LogP contribution in [-0.4, -0.2) is 29.1 Å². The molecule has 1 fully saturated rings. The molecule has 1 aromatic rings. The summed E-state index contributed by atoms with van der Waals surface area (Å²) in [6, 6.07) is 0.0612. The number of halogens is 3. The van der Waals surface area contributed by atoms with E-state index in [0.29, 0.717) is 12.2 Å². The van der Waals surface area contributed by atoms with Crippen LogP contribution < -0.4 is 10.6 Å². The van der Waals surface area contributed by atoms with Gasteiger partial charge in [0.05, 0.1) is 18.1 Å². The van der Waals surface area contributed by atoms with E-state index in [1.54, 1.807) is 0 Å². The van der Waals surface area contributed by atoms with Crippen molar-refractivity contribution in [2.24, 2.45) is 5.73 Å². The van der Waals surface area contributed by atoms with Crippen LogP contribution in [0.4, 0.5) is 18.9 Å². The Balaban J connectivity index is 2.12. The number of rotatable bonds is 1. The molecule has 7 heteroatoms. The van der Waals surface area contributed by atoms with Crippen molar-refractivity contribution in [2.45, 2.75) is 25.1 Å². The summed E-state index contributed by atoms with van der Waals surface area (Å²) in [5, 5.41) is 0. The molecule has 0 bridgehead atoms. The van der Waals surface area contributed by atoms with E-state index in [2.05, 4.69) is 9.97 Å². The van der Waals surface area contributed by atoms with E-state index in [1.807, 2.05) is 4.90 Å². The lowest BCUT2D eigenvalue weighted by atomic mass is 10.1. The first-order valence-corrected chi connectivity index (χ1v) is 5.36. The first kappa shape index (κ1) is 12.1. The number of anilines is 1. The molecule has 1 aliphatic rings. The first-order chi connectivity index (χ1) is 7.97. The molecular formula is C10H13F3N4. The highest BCUT2D eigenvalue weighted by molar-refractivity contribution is 5.42. The summed E-state index contributed by atoms with van der Waals surface area (Å²) in [6.07, 6.45) is -0.210. The van der Waals surface area contributed by atoms with Gasteiger partial charge in [0.1, 0.15) is 0 Å². The average Bonchev–Trinajstić information content (AvgIpc) is 2.28. The molecule has 0 aliphatic carbocycles. The molecule has 2 heterocycles. The molecule has 94 valence electrons. The van der Waals surface area contributed by atoms with Gasteiger partial charge >= 0.3 is 6.18 Å². The zero-order valence-corrected chi connectivity index (χ0v) is 9.11. The summed E-state index contributed by atoms with van der Waals surface area (Å²) in [7, 11) is 0. The third-order valence-electron chi connectivity index (χ3n) is 2.71. The third kappa shape index (κ3) is 2.85. The summed E-state index contributed by atoms with van der Waals surface area (Å²) in [5.74, 6) is -1.11. The van der Waals surface area contributed by atoms with E-state index in [0.717, 1.165) is 19.4 Å². The van der Waals surface area contributed by atoms with Crippen LogP contribution in [-0.2, 0) is 6.18 Å². The Kier molecular flexibility index (Phi) is 3.19. The molecule has 1 aliphatic heterocycles. The molecular weight excluding hydrogens is 233 g/mol. The Morgan fingerprint density at radius 1 is 1.29 bits per heavy atom.